The van der Waals surface area contributed by atoms with Crippen molar-refractivity contribution in [3.63, 3.8) is 0 Å². The van der Waals surface area contributed by atoms with E-state index >= 15 is 0 Å². The first kappa shape index (κ1) is 27.7. The Morgan fingerprint density at radius 2 is 1.58 bits per heavy atom. The number of ether oxygens (including phenoxy) is 1. The number of hydrogen-bond acceptors (Lipinski definition) is 7. The van der Waals surface area contributed by atoms with E-state index in [1.165, 1.54) is 11.0 Å². The van der Waals surface area contributed by atoms with Crippen molar-refractivity contribution in [3.8, 4) is 5.75 Å². The number of benzene rings is 3. The highest BCUT2D eigenvalue weighted by Crippen LogP contribution is 2.56. The number of nitrogens with zero attached hydrogens (tertiary/aromatic N) is 2. The molecule has 1 N–H and O–H groups in total. The van der Waals surface area contributed by atoms with Gasteiger partial charge in [-0.15, -0.1) is 0 Å². The number of carbonyl (C=O) groups excluding carboxylic acids is 4. The first-order chi connectivity index (χ1) is 21.8. The van der Waals surface area contributed by atoms with Crippen molar-refractivity contribution >= 4 is 45.5 Å². The second kappa shape index (κ2) is 10.4. The van der Waals surface area contributed by atoms with Crippen LogP contribution in [0.3, 0.4) is 0 Å². The molecule has 0 aromatic heterocycles. The number of aromatic hydroxyl groups is 1. The molecule has 4 atom stereocenters. The molecule has 226 valence electrons. The van der Waals surface area contributed by atoms with Crippen molar-refractivity contribution < 1.29 is 29.0 Å². The lowest BCUT2D eigenvalue weighted by atomic mass is 9.59. The van der Waals surface area contributed by atoms with E-state index in [1.54, 1.807) is 6.92 Å². The van der Waals surface area contributed by atoms with Crippen LogP contribution in [-0.2, 0) is 23.9 Å². The summed E-state index contributed by atoms with van der Waals surface area (Å²) in [5.74, 6) is -3.35. The van der Waals surface area contributed by atoms with Gasteiger partial charge in [0.05, 0.1) is 30.7 Å². The number of hydrogen-bond donors (Lipinski definition) is 1. The fourth-order valence-electron chi connectivity index (χ4n) is 8.13. The van der Waals surface area contributed by atoms with Crippen molar-refractivity contribution in [1.29, 1.82) is 0 Å². The molecular formula is C37H32N2O6. The smallest absolute Gasteiger partial charge is 0.238 e. The van der Waals surface area contributed by atoms with Crippen molar-refractivity contribution in [2.75, 3.05) is 36.1 Å². The zero-order valence-corrected chi connectivity index (χ0v) is 24.9. The number of carbonyl (C=O) groups is 4. The van der Waals surface area contributed by atoms with E-state index in [2.05, 4.69) is 4.90 Å². The van der Waals surface area contributed by atoms with E-state index in [1.807, 2.05) is 66.7 Å². The highest BCUT2D eigenvalue weighted by molar-refractivity contribution is 6.25. The molecule has 3 aromatic rings. The molecule has 2 fully saturated rings. The molecule has 5 aliphatic rings. The van der Waals surface area contributed by atoms with Gasteiger partial charge in [-0.2, -0.15) is 0 Å². The van der Waals surface area contributed by atoms with Gasteiger partial charge in [0, 0.05) is 52.4 Å². The molecule has 2 saturated heterocycles. The zero-order chi connectivity index (χ0) is 31.0. The molecule has 8 heteroatoms. The lowest BCUT2D eigenvalue weighted by molar-refractivity contribution is -0.123. The molecule has 2 aliphatic heterocycles. The van der Waals surface area contributed by atoms with Crippen molar-refractivity contribution in [2.24, 2.45) is 17.8 Å². The van der Waals surface area contributed by atoms with Crippen LogP contribution in [0, 0.1) is 17.8 Å². The number of fused-ring (bicyclic) bond motifs is 4. The fourth-order valence-corrected chi connectivity index (χ4v) is 8.13. The van der Waals surface area contributed by atoms with E-state index in [0.717, 1.165) is 29.7 Å². The predicted octanol–water partition coefficient (Wildman–Crippen LogP) is 5.02. The topological polar surface area (TPSA) is 104 Å². The molecule has 0 unspecified atom stereocenters. The molecule has 3 aliphatic carbocycles. The van der Waals surface area contributed by atoms with Gasteiger partial charge in [0.25, 0.3) is 0 Å². The van der Waals surface area contributed by atoms with Gasteiger partial charge in [-0.05, 0) is 61.4 Å². The molecule has 8 rings (SSSR count). The van der Waals surface area contributed by atoms with Gasteiger partial charge in [-0.3, -0.25) is 24.1 Å². The van der Waals surface area contributed by atoms with Crippen molar-refractivity contribution in [3.05, 3.63) is 101 Å². The van der Waals surface area contributed by atoms with E-state index in [-0.39, 0.29) is 35.6 Å². The quantitative estimate of drug-likeness (QED) is 0.256. The Bertz CT molecular complexity index is 1910. The lowest BCUT2D eigenvalue weighted by Crippen LogP contribution is -2.39. The second-order valence-corrected chi connectivity index (χ2v) is 12.6. The molecule has 8 nitrogen and oxygen atoms in total. The number of phenols is 1. The number of anilines is 2. The normalized spacial score (nSPS) is 26.5. The summed E-state index contributed by atoms with van der Waals surface area (Å²) in [5.41, 5.74) is 3.99. The second-order valence-electron chi connectivity index (χ2n) is 12.6. The Morgan fingerprint density at radius 1 is 0.844 bits per heavy atom. The lowest BCUT2D eigenvalue weighted by Gasteiger charge is -2.42. The summed E-state index contributed by atoms with van der Waals surface area (Å²) in [6, 6.07) is 18.7. The third-order valence-corrected chi connectivity index (χ3v) is 10.3. The molecule has 0 radical (unpaired) electrons. The van der Waals surface area contributed by atoms with Crippen molar-refractivity contribution in [1.82, 2.24) is 0 Å². The van der Waals surface area contributed by atoms with Crippen LogP contribution >= 0.6 is 0 Å². The predicted molar refractivity (Wildman–Crippen MR) is 169 cm³/mol. The molecule has 0 bridgehead atoms. The van der Waals surface area contributed by atoms with Crippen LogP contribution in [0.25, 0.3) is 10.8 Å². The van der Waals surface area contributed by atoms with Gasteiger partial charge in [0.2, 0.25) is 11.8 Å². The summed E-state index contributed by atoms with van der Waals surface area (Å²) in [5, 5.41) is 13.1. The number of allylic oxidation sites excluding steroid dienone is 6. The fraction of sp³-hybridized carbons (Fsp3) is 0.297. The van der Waals surface area contributed by atoms with E-state index in [9.17, 15) is 24.3 Å². The number of ketones is 2. The van der Waals surface area contributed by atoms with Crippen LogP contribution < -0.4 is 9.80 Å². The Morgan fingerprint density at radius 3 is 2.36 bits per heavy atom. The van der Waals surface area contributed by atoms with E-state index in [4.69, 9.17) is 4.74 Å². The maximum absolute atomic E-state index is 14.3. The number of imide groups is 1. The SMILES string of the molecule is CC1=CC(=O)C2=C(C[C@@H]3C(=CC[C@@H]4C(=O)N(c5ccc(N6CCOCC6)cc5)C(=O)[C@@H]43)[C@@H]2c2ccc3ccccc3c2O)C1=O. The summed E-state index contributed by atoms with van der Waals surface area (Å²) in [4.78, 5) is 58.9. The zero-order valence-electron chi connectivity index (χ0n) is 24.9. The van der Waals surface area contributed by atoms with Gasteiger partial charge in [-0.25, -0.2) is 0 Å². The highest BCUT2D eigenvalue weighted by atomic mass is 16.5. The molecule has 3 aromatic carbocycles. The van der Waals surface area contributed by atoms with E-state index in [0.29, 0.717) is 53.0 Å². The largest absolute Gasteiger partial charge is 0.507 e. The van der Waals surface area contributed by atoms with Crippen LogP contribution in [0.2, 0.25) is 0 Å². The van der Waals surface area contributed by atoms with Crippen LogP contribution in [0.15, 0.2) is 95.1 Å². The van der Waals surface area contributed by atoms with Gasteiger partial charge < -0.3 is 14.7 Å². The van der Waals surface area contributed by atoms with Gasteiger partial charge in [0.15, 0.2) is 11.6 Å². The monoisotopic (exact) mass is 600 g/mol. The maximum Gasteiger partial charge on any atom is 0.238 e. The molecule has 0 saturated carbocycles. The third kappa shape index (κ3) is 4.15. The van der Waals surface area contributed by atoms with E-state index < -0.39 is 23.7 Å². The Kier molecular flexibility index (Phi) is 6.39. The van der Waals surface area contributed by atoms with Gasteiger partial charge >= 0.3 is 0 Å². The number of phenolic OH excluding ortho intramolecular Hbond substituents is 1. The standard InChI is InChI=1S/C37H32N2O6/c1-20-18-30(40)33-29(34(20)41)19-28-25(31(33)26-11-6-21-4-2-3-5-24(21)35(26)42)12-13-27-32(28)37(44)39(36(27)43)23-9-7-22(8-10-23)38-14-16-45-17-15-38/h2-12,18,27-28,31-32,42H,13-17,19H2,1H3/t27-,28+,31+,32-/m0/s1. The number of morpholine rings is 1. The Labute approximate surface area is 260 Å². The maximum atomic E-state index is 14.3. The van der Waals surface area contributed by atoms with Crippen LogP contribution in [0.1, 0.15) is 31.2 Å². The van der Waals surface area contributed by atoms with Crippen LogP contribution in [0.4, 0.5) is 11.4 Å². The Balaban J connectivity index is 1.20. The minimum absolute atomic E-state index is 0.0518. The summed E-state index contributed by atoms with van der Waals surface area (Å²) in [6.07, 6.45) is 3.90. The van der Waals surface area contributed by atoms with Crippen LogP contribution in [0.5, 0.6) is 5.75 Å². The summed E-state index contributed by atoms with van der Waals surface area (Å²) in [7, 11) is 0. The third-order valence-electron chi connectivity index (χ3n) is 10.3. The first-order valence-electron chi connectivity index (χ1n) is 15.5. The minimum Gasteiger partial charge on any atom is -0.507 e. The molecule has 0 spiro atoms. The molecule has 2 amide bonds. The number of Topliss-reactive ketones (excluding diaryl/α,β-unsaturated/α-hetero) is 1. The van der Waals surface area contributed by atoms with Crippen LogP contribution in [-0.4, -0.2) is 54.8 Å². The first-order valence-corrected chi connectivity index (χ1v) is 15.5. The molecule has 2 heterocycles. The minimum atomic E-state index is -0.699. The molecular weight excluding hydrogens is 568 g/mol. The summed E-state index contributed by atoms with van der Waals surface area (Å²) in [6.45, 7) is 4.51. The average Bonchev–Trinajstić information content (AvgIpc) is 3.33. The summed E-state index contributed by atoms with van der Waals surface area (Å²) >= 11 is 0. The van der Waals surface area contributed by atoms with Crippen molar-refractivity contribution in [2.45, 2.75) is 25.7 Å². The highest BCUT2D eigenvalue weighted by Gasteiger charge is 2.56. The summed E-state index contributed by atoms with van der Waals surface area (Å²) < 4.78 is 5.46. The number of amides is 2. The van der Waals surface area contributed by atoms with Gasteiger partial charge in [0.1, 0.15) is 5.75 Å². The molecule has 45 heavy (non-hydrogen) atoms. The number of rotatable bonds is 3. The average molecular weight is 601 g/mol. The van der Waals surface area contributed by atoms with Gasteiger partial charge in [-0.1, -0.05) is 48.0 Å². The Hall–Kier alpha value is -4.82.